The summed E-state index contributed by atoms with van der Waals surface area (Å²) in [6.45, 7) is 0.374. The maximum Gasteiger partial charge on any atom is 0.333 e. The molecule has 1 saturated carbocycles. The minimum absolute atomic E-state index is 0.0154. The van der Waals surface area contributed by atoms with E-state index in [2.05, 4.69) is 10.1 Å². The average molecular weight is 454 g/mol. The zero-order valence-electron chi connectivity index (χ0n) is 17.5. The van der Waals surface area contributed by atoms with Crippen LogP contribution in [-0.2, 0) is 28.7 Å². The fraction of sp³-hybridized carbons (Fsp3) is 0.650. The number of carbonyl (C=O) groups excluding carboxylic acids is 5. The number of amides is 4. The Morgan fingerprint density at radius 3 is 2.58 bits per heavy atom. The van der Waals surface area contributed by atoms with Crippen LogP contribution in [0.3, 0.4) is 0 Å². The summed E-state index contributed by atoms with van der Waals surface area (Å²) in [5.41, 5.74) is -0.797. The van der Waals surface area contributed by atoms with Crippen LogP contribution in [0, 0.1) is 0 Å². The highest BCUT2D eigenvalue weighted by molar-refractivity contribution is 8.04. The SMILES string of the molecule is COC(=O)/C=C1/SCC(=O)N1CCCOC(=O)CCN1C(=O)NC2(CCCCC2)C1=O. The van der Waals surface area contributed by atoms with E-state index in [-0.39, 0.29) is 37.1 Å². The lowest BCUT2D eigenvalue weighted by atomic mass is 9.82. The van der Waals surface area contributed by atoms with Crippen molar-refractivity contribution in [3.8, 4) is 0 Å². The second kappa shape index (κ2) is 10.2. The van der Waals surface area contributed by atoms with Gasteiger partial charge in [-0.15, -0.1) is 0 Å². The summed E-state index contributed by atoms with van der Waals surface area (Å²) in [5, 5.41) is 3.32. The molecule has 0 bridgehead atoms. The van der Waals surface area contributed by atoms with Gasteiger partial charge in [-0.2, -0.15) is 0 Å². The van der Waals surface area contributed by atoms with Crippen LogP contribution in [0.4, 0.5) is 4.79 Å². The molecule has 3 fully saturated rings. The lowest BCUT2D eigenvalue weighted by Crippen LogP contribution is -2.48. The molecule has 1 aliphatic carbocycles. The molecule has 0 atom stereocenters. The number of thioether (sulfide) groups is 1. The summed E-state index contributed by atoms with van der Waals surface area (Å²) in [4.78, 5) is 62.8. The zero-order chi connectivity index (χ0) is 22.4. The van der Waals surface area contributed by atoms with Crippen molar-refractivity contribution in [3.63, 3.8) is 0 Å². The van der Waals surface area contributed by atoms with Gasteiger partial charge in [0.05, 0.1) is 37.0 Å². The molecular formula is C20H27N3O7S. The number of rotatable bonds is 8. The first-order chi connectivity index (χ1) is 14.9. The number of hydrogen-bond donors (Lipinski definition) is 1. The minimum atomic E-state index is -0.797. The van der Waals surface area contributed by atoms with Gasteiger partial charge in [0, 0.05) is 13.1 Å². The molecule has 4 amide bonds. The molecule has 1 spiro atoms. The number of hydrogen-bond acceptors (Lipinski definition) is 8. The maximum absolute atomic E-state index is 12.7. The van der Waals surface area contributed by atoms with Crippen LogP contribution < -0.4 is 5.32 Å². The molecule has 10 nitrogen and oxygen atoms in total. The first-order valence-corrected chi connectivity index (χ1v) is 11.4. The minimum Gasteiger partial charge on any atom is -0.466 e. The summed E-state index contributed by atoms with van der Waals surface area (Å²) < 4.78 is 9.76. The highest BCUT2D eigenvalue weighted by Crippen LogP contribution is 2.33. The van der Waals surface area contributed by atoms with Crippen molar-refractivity contribution in [2.24, 2.45) is 0 Å². The third kappa shape index (κ3) is 5.38. The molecule has 31 heavy (non-hydrogen) atoms. The molecule has 170 valence electrons. The van der Waals surface area contributed by atoms with Crippen molar-refractivity contribution in [3.05, 3.63) is 11.1 Å². The third-order valence-corrected chi connectivity index (χ3v) is 6.66. The van der Waals surface area contributed by atoms with E-state index in [9.17, 15) is 24.0 Å². The molecule has 2 saturated heterocycles. The van der Waals surface area contributed by atoms with E-state index in [1.807, 2.05) is 0 Å². The quantitative estimate of drug-likeness (QED) is 0.251. The summed E-state index contributed by atoms with van der Waals surface area (Å²) in [5.74, 6) is -1.18. The van der Waals surface area contributed by atoms with E-state index in [1.54, 1.807) is 0 Å². The average Bonchev–Trinajstić information content (AvgIpc) is 3.20. The number of ether oxygens (including phenoxy) is 2. The van der Waals surface area contributed by atoms with E-state index in [4.69, 9.17) is 4.74 Å². The van der Waals surface area contributed by atoms with E-state index in [1.165, 1.54) is 29.8 Å². The predicted octanol–water partition coefficient (Wildman–Crippen LogP) is 1.15. The van der Waals surface area contributed by atoms with Crippen molar-refractivity contribution < 1.29 is 33.4 Å². The Hall–Kier alpha value is -2.56. The molecular weight excluding hydrogens is 426 g/mol. The normalized spacial score (nSPS) is 21.7. The summed E-state index contributed by atoms with van der Waals surface area (Å²) in [6.07, 6.45) is 5.70. The number of esters is 2. The Labute approximate surface area is 184 Å². The van der Waals surface area contributed by atoms with E-state index in [0.29, 0.717) is 30.8 Å². The topological polar surface area (TPSA) is 122 Å². The monoisotopic (exact) mass is 453 g/mol. The van der Waals surface area contributed by atoms with Crippen molar-refractivity contribution in [2.75, 3.05) is 32.6 Å². The van der Waals surface area contributed by atoms with E-state index < -0.39 is 23.5 Å². The third-order valence-electron chi connectivity index (χ3n) is 5.63. The van der Waals surface area contributed by atoms with Gasteiger partial charge in [-0.1, -0.05) is 31.0 Å². The highest BCUT2D eigenvalue weighted by atomic mass is 32.2. The Kier molecular flexibility index (Phi) is 7.58. The van der Waals surface area contributed by atoms with Gasteiger partial charge >= 0.3 is 18.0 Å². The van der Waals surface area contributed by atoms with Crippen molar-refractivity contribution in [1.29, 1.82) is 0 Å². The Bertz CT molecular complexity index is 792. The van der Waals surface area contributed by atoms with Gasteiger partial charge in [0.2, 0.25) is 5.91 Å². The number of nitrogens with zero attached hydrogens (tertiary/aromatic N) is 2. The Morgan fingerprint density at radius 1 is 1.13 bits per heavy atom. The van der Waals surface area contributed by atoms with Crippen LogP contribution in [0.15, 0.2) is 11.1 Å². The maximum atomic E-state index is 12.7. The number of imide groups is 1. The smallest absolute Gasteiger partial charge is 0.333 e. The van der Waals surface area contributed by atoms with Crippen LogP contribution in [-0.4, -0.2) is 77.7 Å². The van der Waals surface area contributed by atoms with Gasteiger partial charge in [0.25, 0.3) is 5.91 Å². The molecule has 0 aromatic rings. The molecule has 0 radical (unpaired) electrons. The molecule has 1 N–H and O–H groups in total. The van der Waals surface area contributed by atoms with Crippen LogP contribution in [0.1, 0.15) is 44.9 Å². The largest absolute Gasteiger partial charge is 0.466 e. The molecule has 0 aromatic heterocycles. The lowest BCUT2D eigenvalue weighted by molar-refractivity contribution is -0.144. The summed E-state index contributed by atoms with van der Waals surface area (Å²) in [7, 11) is 1.26. The van der Waals surface area contributed by atoms with Crippen molar-refractivity contribution in [1.82, 2.24) is 15.1 Å². The van der Waals surface area contributed by atoms with Crippen LogP contribution in [0.2, 0.25) is 0 Å². The zero-order valence-corrected chi connectivity index (χ0v) is 18.3. The van der Waals surface area contributed by atoms with Crippen molar-refractivity contribution >= 4 is 41.5 Å². The second-order valence-electron chi connectivity index (χ2n) is 7.69. The number of nitrogens with one attached hydrogen (secondary N) is 1. The fourth-order valence-electron chi connectivity index (χ4n) is 3.99. The molecule has 3 rings (SSSR count). The van der Waals surface area contributed by atoms with Crippen LogP contribution >= 0.6 is 11.8 Å². The molecule has 0 aromatic carbocycles. The van der Waals surface area contributed by atoms with E-state index in [0.717, 1.165) is 24.2 Å². The fourth-order valence-corrected chi connectivity index (χ4v) is 4.94. The van der Waals surface area contributed by atoms with Gasteiger partial charge in [0.15, 0.2) is 0 Å². The molecule has 2 heterocycles. The molecule has 0 unspecified atom stereocenters. The highest BCUT2D eigenvalue weighted by Gasteiger charge is 2.51. The number of urea groups is 1. The lowest BCUT2D eigenvalue weighted by Gasteiger charge is -2.30. The van der Waals surface area contributed by atoms with Crippen molar-refractivity contribution in [2.45, 2.75) is 50.5 Å². The van der Waals surface area contributed by atoms with Gasteiger partial charge in [-0.05, 0) is 19.3 Å². The Morgan fingerprint density at radius 2 is 1.87 bits per heavy atom. The van der Waals surface area contributed by atoms with Gasteiger partial charge in [-0.3, -0.25) is 19.3 Å². The van der Waals surface area contributed by atoms with Gasteiger partial charge < -0.3 is 19.7 Å². The van der Waals surface area contributed by atoms with Crippen LogP contribution in [0.25, 0.3) is 0 Å². The first-order valence-electron chi connectivity index (χ1n) is 10.4. The molecule has 2 aliphatic heterocycles. The number of methoxy groups -OCH3 is 1. The number of carbonyl (C=O) groups is 5. The standard InChI is InChI=1S/C20H27N3O7S/c1-29-17(26)12-15-22(14(24)13-31-15)9-5-11-30-16(25)6-10-23-18(27)20(21-19(23)28)7-3-2-4-8-20/h12H,2-11,13H2,1H3,(H,21,28)/b15-12+. The van der Waals surface area contributed by atoms with Gasteiger partial charge in [0.1, 0.15) is 5.54 Å². The van der Waals surface area contributed by atoms with E-state index >= 15 is 0 Å². The van der Waals surface area contributed by atoms with Crippen LogP contribution in [0.5, 0.6) is 0 Å². The molecule has 3 aliphatic rings. The summed E-state index contributed by atoms with van der Waals surface area (Å²) >= 11 is 1.25. The Balaban J connectivity index is 1.39. The summed E-state index contributed by atoms with van der Waals surface area (Å²) in [6, 6.07) is -0.449. The predicted molar refractivity (Wildman–Crippen MR) is 111 cm³/mol. The second-order valence-corrected chi connectivity index (χ2v) is 8.69. The van der Waals surface area contributed by atoms with Gasteiger partial charge in [-0.25, -0.2) is 9.59 Å². The molecule has 11 heteroatoms. The first kappa shape index (κ1) is 23.1.